The number of β-lactam (4-membered cyclic amide) rings is 1. The minimum Gasteiger partial charge on any atom is -0.508 e. The van der Waals surface area contributed by atoms with Gasteiger partial charge in [-0.25, -0.2) is 5.01 Å². The highest BCUT2D eigenvalue weighted by Crippen LogP contribution is 2.42. The summed E-state index contributed by atoms with van der Waals surface area (Å²) in [6, 6.07) is 16.9. The number of rotatable bonds is 7. The van der Waals surface area contributed by atoms with Crippen LogP contribution in [-0.2, 0) is 14.4 Å². The highest BCUT2D eigenvalue weighted by Gasteiger charge is 2.49. The van der Waals surface area contributed by atoms with E-state index >= 15 is 0 Å². The van der Waals surface area contributed by atoms with E-state index in [2.05, 4.69) is 21.0 Å². The molecule has 12 heteroatoms. The Morgan fingerprint density at radius 1 is 0.944 bits per heavy atom. The van der Waals surface area contributed by atoms with Gasteiger partial charge in [-0.1, -0.05) is 47.5 Å². The predicted molar refractivity (Wildman–Crippen MR) is 136 cm³/mol. The number of anilines is 1. The van der Waals surface area contributed by atoms with Crippen LogP contribution < -0.4 is 10.7 Å². The van der Waals surface area contributed by atoms with Gasteiger partial charge in [-0.05, 0) is 42.5 Å². The maximum absolute atomic E-state index is 12.5. The Labute approximate surface area is 220 Å². The summed E-state index contributed by atoms with van der Waals surface area (Å²) in [5, 5.41) is 21.8. The van der Waals surface area contributed by atoms with Crippen molar-refractivity contribution in [2.75, 3.05) is 5.32 Å². The number of phenolic OH excluding ortho intramolecular Hbond substituents is 1. The number of benzene rings is 3. The minimum atomic E-state index is -1.05. The SMILES string of the molecule is O=C(CC(=O)NN1C(=O)C(Cl)C1c1cc(N=Nc2ccccc2Cl)ccc1O)Nc1ccccc1Cl. The summed E-state index contributed by atoms with van der Waals surface area (Å²) in [6.07, 6.45) is -0.577. The van der Waals surface area contributed by atoms with E-state index < -0.39 is 35.6 Å². The third kappa shape index (κ3) is 5.59. The molecule has 1 aliphatic heterocycles. The quantitative estimate of drug-likeness (QED) is 0.153. The summed E-state index contributed by atoms with van der Waals surface area (Å²) < 4.78 is 0. The number of alkyl halides is 1. The predicted octanol–water partition coefficient (Wildman–Crippen LogP) is 5.67. The number of carbonyl (C=O) groups excluding carboxylic acids is 3. The number of nitrogens with zero attached hydrogens (tertiary/aromatic N) is 3. The standard InChI is InChI=1S/C24H18Cl3N5O4/c25-15-5-1-3-7-17(15)28-20(34)12-21(35)31-32-23(22(27)24(32)36)14-11-13(9-10-19(14)33)29-30-18-8-4-2-6-16(18)26/h1-11,22-23,33H,12H2,(H,28,34)(H,31,35). The number of phenols is 1. The average Bonchev–Trinajstić information content (AvgIpc) is 2.85. The van der Waals surface area contributed by atoms with E-state index in [1.165, 1.54) is 18.2 Å². The monoisotopic (exact) mass is 545 g/mol. The maximum atomic E-state index is 12.5. The van der Waals surface area contributed by atoms with Crippen LogP contribution in [-0.4, -0.2) is 33.2 Å². The van der Waals surface area contributed by atoms with E-state index in [1.54, 1.807) is 48.5 Å². The number of amides is 3. The molecule has 3 N–H and O–H groups in total. The van der Waals surface area contributed by atoms with Gasteiger partial charge in [-0.3, -0.25) is 19.8 Å². The van der Waals surface area contributed by atoms with E-state index in [0.29, 0.717) is 27.1 Å². The lowest BCUT2D eigenvalue weighted by molar-refractivity contribution is -0.157. The molecule has 1 heterocycles. The Balaban J connectivity index is 1.46. The number of nitrogens with one attached hydrogen (secondary N) is 2. The Bertz CT molecular complexity index is 1370. The molecule has 0 spiro atoms. The van der Waals surface area contributed by atoms with Gasteiger partial charge in [0, 0.05) is 5.56 Å². The molecule has 0 saturated carbocycles. The lowest BCUT2D eigenvalue weighted by atomic mass is 9.94. The fraction of sp³-hybridized carbons (Fsp3) is 0.125. The lowest BCUT2D eigenvalue weighted by Crippen LogP contribution is -2.63. The first-order valence-electron chi connectivity index (χ1n) is 10.5. The van der Waals surface area contributed by atoms with E-state index in [9.17, 15) is 19.5 Å². The van der Waals surface area contributed by atoms with Gasteiger partial charge in [0.1, 0.15) is 29.3 Å². The first kappa shape index (κ1) is 25.4. The van der Waals surface area contributed by atoms with Gasteiger partial charge >= 0.3 is 0 Å². The van der Waals surface area contributed by atoms with Gasteiger partial charge in [0.2, 0.25) is 11.8 Å². The fourth-order valence-electron chi connectivity index (χ4n) is 3.44. The van der Waals surface area contributed by atoms with Gasteiger partial charge in [0.25, 0.3) is 5.91 Å². The zero-order chi connectivity index (χ0) is 25.8. The second-order valence-corrected chi connectivity index (χ2v) is 8.97. The van der Waals surface area contributed by atoms with Gasteiger partial charge in [0.15, 0.2) is 0 Å². The highest BCUT2D eigenvalue weighted by atomic mass is 35.5. The van der Waals surface area contributed by atoms with Crippen molar-refractivity contribution in [1.82, 2.24) is 10.4 Å². The third-order valence-electron chi connectivity index (χ3n) is 5.20. The van der Waals surface area contributed by atoms with E-state index in [4.69, 9.17) is 34.8 Å². The topological polar surface area (TPSA) is 123 Å². The number of carbonyl (C=O) groups is 3. The van der Waals surface area contributed by atoms with E-state index in [1.807, 2.05) is 0 Å². The van der Waals surface area contributed by atoms with Gasteiger partial charge < -0.3 is 10.4 Å². The van der Waals surface area contributed by atoms with Crippen LogP contribution >= 0.6 is 34.8 Å². The highest BCUT2D eigenvalue weighted by molar-refractivity contribution is 6.34. The number of hydrazine groups is 1. The van der Waals surface area contributed by atoms with Gasteiger partial charge in [0.05, 0.1) is 21.4 Å². The zero-order valence-corrected chi connectivity index (χ0v) is 20.6. The lowest BCUT2D eigenvalue weighted by Gasteiger charge is -2.44. The summed E-state index contributed by atoms with van der Waals surface area (Å²) in [7, 11) is 0. The van der Waals surface area contributed by atoms with Crippen molar-refractivity contribution < 1.29 is 19.5 Å². The van der Waals surface area contributed by atoms with Crippen molar-refractivity contribution in [3.05, 3.63) is 82.3 Å². The maximum Gasteiger partial charge on any atom is 0.262 e. The second-order valence-electron chi connectivity index (χ2n) is 7.69. The Kier molecular flexibility index (Phi) is 7.73. The molecule has 36 heavy (non-hydrogen) atoms. The number of azo groups is 1. The molecule has 3 amide bonds. The van der Waals surface area contributed by atoms with Crippen molar-refractivity contribution in [3.63, 3.8) is 0 Å². The van der Waals surface area contributed by atoms with Gasteiger partial charge in [-0.15, -0.1) is 16.7 Å². The van der Waals surface area contributed by atoms with Crippen molar-refractivity contribution in [3.8, 4) is 5.75 Å². The van der Waals surface area contributed by atoms with Crippen LogP contribution in [0.25, 0.3) is 0 Å². The molecule has 2 unspecified atom stereocenters. The molecule has 1 saturated heterocycles. The fourth-order valence-corrected chi connectivity index (χ4v) is 4.15. The van der Waals surface area contributed by atoms with Crippen molar-refractivity contribution in [2.24, 2.45) is 10.2 Å². The smallest absolute Gasteiger partial charge is 0.262 e. The van der Waals surface area contributed by atoms with Crippen LogP contribution in [0.15, 0.2) is 77.0 Å². The van der Waals surface area contributed by atoms with E-state index in [-0.39, 0.29) is 11.3 Å². The number of halogens is 3. The molecule has 9 nitrogen and oxygen atoms in total. The number of para-hydroxylation sites is 1. The largest absolute Gasteiger partial charge is 0.508 e. The molecule has 3 aromatic carbocycles. The zero-order valence-electron chi connectivity index (χ0n) is 18.4. The Morgan fingerprint density at radius 3 is 2.36 bits per heavy atom. The van der Waals surface area contributed by atoms with Crippen LogP contribution in [0.5, 0.6) is 5.75 Å². The molecule has 1 fully saturated rings. The summed E-state index contributed by atoms with van der Waals surface area (Å²) in [5.41, 5.74) is 3.77. The van der Waals surface area contributed by atoms with Crippen LogP contribution in [0.4, 0.5) is 17.1 Å². The van der Waals surface area contributed by atoms with Crippen LogP contribution in [0.1, 0.15) is 18.0 Å². The van der Waals surface area contributed by atoms with Crippen LogP contribution in [0, 0.1) is 0 Å². The number of aromatic hydroxyl groups is 1. The molecule has 2 atom stereocenters. The first-order valence-corrected chi connectivity index (χ1v) is 11.7. The molecule has 184 valence electrons. The second kappa shape index (κ2) is 10.9. The summed E-state index contributed by atoms with van der Waals surface area (Å²) in [6.45, 7) is 0. The minimum absolute atomic E-state index is 0.162. The molecule has 1 aliphatic rings. The van der Waals surface area contributed by atoms with Crippen LogP contribution in [0.2, 0.25) is 10.0 Å². The molecule has 4 rings (SSSR count). The van der Waals surface area contributed by atoms with Crippen molar-refractivity contribution in [1.29, 1.82) is 0 Å². The summed E-state index contributed by atoms with van der Waals surface area (Å²) in [4.78, 5) is 37.1. The van der Waals surface area contributed by atoms with Crippen LogP contribution in [0.3, 0.4) is 0 Å². The normalized spacial score (nSPS) is 17.1. The molecule has 0 radical (unpaired) electrons. The van der Waals surface area contributed by atoms with Crippen molar-refractivity contribution >= 4 is 69.6 Å². The molecular weight excluding hydrogens is 529 g/mol. The van der Waals surface area contributed by atoms with E-state index in [0.717, 1.165) is 5.01 Å². The number of hydrogen-bond donors (Lipinski definition) is 3. The molecular formula is C24H18Cl3N5O4. The summed E-state index contributed by atoms with van der Waals surface area (Å²) >= 11 is 18.3. The Hall–Kier alpha value is -3.66. The average molecular weight is 547 g/mol. The third-order valence-corrected chi connectivity index (χ3v) is 6.27. The number of hydrogen-bond acceptors (Lipinski definition) is 6. The van der Waals surface area contributed by atoms with Crippen molar-refractivity contribution in [2.45, 2.75) is 17.8 Å². The Morgan fingerprint density at radius 2 is 1.64 bits per heavy atom. The summed E-state index contributed by atoms with van der Waals surface area (Å²) in [5.74, 6) is -2.14. The van der Waals surface area contributed by atoms with Gasteiger partial charge in [-0.2, -0.15) is 5.11 Å². The molecule has 0 aromatic heterocycles. The molecule has 0 bridgehead atoms. The molecule has 3 aromatic rings. The molecule has 0 aliphatic carbocycles. The first-order chi connectivity index (χ1) is 17.2.